The highest BCUT2D eigenvalue weighted by molar-refractivity contribution is 6.00. The molecule has 1 unspecified atom stereocenters. The van der Waals surface area contributed by atoms with E-state index in [-0.39, 0.29) is 12.0 Å². The number of nitrogens with two attached hydrogens (primary N) is 1. The molecule has 0 bridgehead atoms. The van der Waals surface area contributed by atoms with Crippen LogP contribution in [0, 0.1) is 0 Å². The van der Waals surface area contributed by atoms with Gasteiger partial charge in [0.25, 0.3) is 0 Å². The van der Waals surface area contributed by atoms with E-state index >= 15 is 0 Å². The number of amides is 1. The molecule has 3 rings (SSSR count). The van der Waals surface area contributed by atoms with Crippen LogP contribution in [0.25, 0.3) is 0 Å². The van der Waals surface area contributed by atoms with Crippen molar-refractivity contribution in [2.75, 3.05) is 18.5 Å². The molecule has 19 heavy (non-hydrogen) atoms. The summed E-state index contributed by atoms with van der Waals surface area (Å²) in [5.41, 5.74) is 5.93. The quantitative estimate of drug-likeness (QED) is 0.857. The molecule has 1 aliphatic heterocycles. The third-order valence-corrected chi connectivity index (χ3v) is 3.54. The van der Waals surface area contributed by atoms with Crippen LogP contribution in [0.1, 0.15) is 19.3 Å². The molecule has 1 saturated carbocycles. The van der Waals surface area contributed by atoms with Crippen LogP contribution in [0.15, 0.2) is 24.3 Å². The van der Waals surface area contributed by atoms with Crippen LogP contribution in [-0.2, 0) is 9.53 Å². The Morgan fingerprint density at radius 3 is 2.68 bits per heavy atom. The third-order valence-electron chi connectivity index (χ3n) is 3.54. The number of hydrogen-bond donors (Lipinski definition) is 2. The van der Waals surface area contributed by atoms with Gasteiger partial charge in [0.05, 0.1) is 18.8 Å². The van der Waals surface area contributed by atoms with E-state index in [1.54, 1.807) is 0 Å². The number of benzene rings is 1. The number of rotatable bonds is 4. The van der Waals surface area contributed by atoms with Crippen molar-refractivity contribution in [1.82, 2.24) is 0 Å². The first-order chi connectivity index (χ1) is 9.16. The van der Waals surface area contributed by atoms with E-state index in [2.05, 4.69) is 5.32 Å². The Morgan fingerprint density at radius 1 is 1.37 bits per heavy atom. The molecule has 3 N–H and O–H groups in total. The van der Waals surface area contributed by atoms with Crippen molar-refractivity contribution in [3.63, 3.8) is 0 Å². The maximum atomic E-state index is 11.8. The molecule has 0 radical (unpaired) electrons. The molecule has 2 aliphatic rings. The van der Waals surface area contributed by atoms with Crippen molar-refractivity contribution < 1.29 is 14.3 Å². The fourth-order valence-electron chi connectivity index (χ4n) is 2.03. The molecular weight excluding hydrogens is 244 g/mol. The van der Waals surface area contributed by atoms with Crippen LogP contribution in [0.5, 0.6) is 5.75 Å². The smallest absolute Gasteiger partial charge is 0.244 e. The van der Waals surface area contributed by atoms with Crippen LogP contribution in [0.3, 0.4) is 0 Å². The van der Waals surface area contributed by atoms with Crippen LogP contribution in [-0.4, -0.2) is 30.8 Å². The maximum absolute atomic E-state index is 11.8. The summed E-state index contributed by atoms with van der Waals surface area (Å²) in [5.74, 6) is 0.688. The molecule has 1 saturated heterocycles. The van der Waals surface area contributed by atoms with Gasteiger partial charge in [-0.2, -0.15) is 0 Å². The second-order valence-corrected chi connectivity index (χ2v) is 5.24. The van der Waals surface area contributed by atoms with Gasteiger partial charge >= 0.3 is 0 Å². The van der Waals surface area contributed by atoms with Crippen LogP contribution < -0.4 is 15.8 Å². The third kappa shape index (κ3) is 2.88. The lowest BCUT2D eigenvalue weighted by molar-refractivity contribution is -0.118. The maximum Gasteiger partial charge on any atom is 0.244 e. The van der Waals surface area contributed by atoms with Gasteiger partial charge in [-0.25, -0.2) is 0 Å². The monoisotopic (exact) mass is 262 g/mol. The predicted molar refractivity (Wildman–Crippen MR) is 71.1 cm³/mol. The summed E-state index contributed by atoms with van der Waals surface area (Å²) in [4.78, 5) is 11.8. The van der Waals surface area contributed by atoms with Crippen molar-refractivity contribution >= 4 is 11.6 Å². The largest absolute Gasteiger partial charge is 0.488 e. The number of hydrogen-bond acceptors (Lipinski definition) is 4. The van der Waals surface area contributed by atoms with Crippen molar-refractivity contribution in [1.29, 1.82) is 0 Å². The topological polar surface area (TPSA) is 73.6 Å². The number of carbonyl (C=O) groups is 1. The van der Waals surface area contributed by atoms with Gasteiger partial charge < -0.3 is 20.5 Å². The van der Waals surface area contributed by atoms with Crippen molar-refractivity contribution in [2.24, 2.45) is 5.73 Å². The van der Waals surface area contributed by atoms with Gasteiger partial charge in [0.1, 0.15) is 11.9 Å². The molecular formula is C14H18N2O3. The fraction of sp³-hybridized carbons (Fsp3) is 0.500. The lowest BCUT2D eigenvalue weighted by atomic mass is 10.2. The second-order valence-electron chi connectivity index (χ2n) is 5.24. The molecule has 5 heteroatoms. The summed E-state index contributed by atoms with van der Waals surface area (Å²) in [6.45, 7) is 1.41. The molecule has 1 heterocycles. The zero-order chi connectivity index (χ0) is 13.3. The number of nitrogens with one attached hydrogen (secondary N) is 1. The van der Waals surface area contributed by atoms with Crippen molar-refractivity contribution in [2.45, 2.75) is 30.9 Å². The minimum absolute atomic E-state index is 0.106. The number of carbonyl (C=O) groups excluding carboxylic acids is 1. The van der Waals surface area contributed by atoms with Gasteiger partial charge in [0, 0.05) is 12.1 Å². The van der Waals surface area contributed by atoms with Gasteiger partial charge in [-0.1, -0.05) is 0 Å². The van der Waals surface area contributed by atoms with Gasteiger partial charge in [0.15, 0.2) is 0 Å². The van der Waals surface area contributed by atoms with E-state index in [0.29, 0.717) is 6.61 Å². The van der Waals surface area contributed by atoms with Gasteiger partial charge in [-0.15, -0.1) is 0 Å². The fourth-order valence-corrected chi connectivity index (χ4v) is 2.03. The predicted octanol–water partition coefficient (Wildman–Crippen LogP) is 1.28. The lowest BCUT2D eigenvalue weighted by Crippen LogP contribution is -2.37. The lowest BCUT2D eigenvalue weighted by Gasteiger charge is -2.13. The minimum Gasteiger partial charge on any atom is -0.488 e. The van der Waals surface area contributed by atoms with E-state index in [1.165, 1.54) is 0 Å². The van der Waals surface area contributed by atoms with E-state index in [0.717, 1.165) is 37.3 Å². The Morgan fingerprint density at radius 2 is 2.11 bits per heavy atom. The van der Waals surface area contributed by atoms with Gasteiger partial charge in [-0.05, 0) is 37.1 Å². The van der Waals surface area contributed by atoms with Crippen LogP contribution in [0.4, 0.5) is 5.69 Å². The van der Waals surface area contributed by atoms with Crippen LogP contribution >= 0.6 is 0 Å². The molecule has 0 spiro atoms. The average molecular weight is 262 g/mol. The Bertz CT molecular complexity index is 462. The summed E-state index contributed by atoms with van der Waals surface area (Å²) in [6.07, 6.45) is 2.59. The Balaban J connectivity index is 1.57. The van der Waals surface area contributed by atoms with E-state index in [1.807, 2.05) is 24.3 Å². The molecule has 102 valence electrons. The molecule has 1 aromatic rings. The summed E-state index contributed by atoms with van der Waals surface area (Å²) >= 11 is 0. The first kappa shape index (κ1) is 12.4. The molecule has 2 fully saturated rings. The minimum atomic E-state index is -0.643. The Kier molecular flexibility index (Phi) is 3.16. The van der Waals surface area contributed by atoms with Gasteiger partial charge in [-0.3, -0.25) is 4.79 Å². The normalized spacial score (nSPS) is 23.9. The Labute approximate surface area is 112 Å². The highest BCUT2D eigenvalue weighted by Gasteiger charge is 2.45. The summed E-state index contributed by atoms with van der Waals surface area (Å²) in [6, 6.07) is 7.36. The molecule has 1 aromatic carbocycles. The zero-order valence-electron chi connectivity index (χ0n) is 10.7. The van der Waals surface area contributed by atoms with E-state index < -0.39 is 5.54 Å². The summed E-state index contributed by atoms with van der Waals surface area (Å²) in [5, 5.41) is 2.82. The molecule has 1 amide bonds. The molecule has 1 atom stereocenters. The van der Waals surface area contributed by atoms with E-state index in [9.17, 15) is 4.79 Å². The second kappa shape index (κ2) is 4.83. The average Bonchev–Trinajstić information content (AvgIpc) is 2.96. The summed E-state index contributed by atoms with van der Waals surface area (Å²) < 4.78 is 11.0. The van der Waals surface area contributed by atoms with Gasteiger partial charge in [0.2, 0.25) is 5.91 Å². The highest BCUT2D eigenvalue weighted by Crippen LogP contribution is 2.33. The highest BCUT2D eigenvalue weighted by atomic mass is 16.5. The standard InChI is InChI=1S/C14H18N2O3/c15-14(6-7-14)13(17)16-10-1-3-11(4-2-10)19-12-5-8-18-9-12/h1-4,12H,5-9,15H2,(H,16,17). The SMILES string of the molecule is NC1(C(=O)Nc2ccc(OC3CCOC3)cc2)CC1. The first-order valence-corrected chi connectivity index (χ1v) is 6.60. The molecule has 5 nitrogen and oxygen atoms in total. The molecule has 1 aliphatic carbocycles. The number of ether oxygens (including phenoxy) is 2. The van der Waals surface area contributed by atoms with Crippen molar-refractivity contribution in [3.8, 4) is 5.75 Å². The zero-order valence-corrected chi connectivity index (χ0v) is 10.7. The van der Waals surface area contributed by atoms with E-state index in [4.69, 9.17) is 15.2 Å². The first-order valence-electron chi connectivity index (χ1n) is 6.60. The van der Waals surface area contributed by atoms with Crippen molar-refractivity contribution in [3.05, 3.63) is 24.3 Å². The van der Waals surface area contributed by atoms with Crippen LogP contribution in [0.2, 0.25) is 0 Å². The Hall–Kier alpha value is -1.59. The number of anilines is 1. The molecule has 0 aromatic heterocycles. The summed E-state index contributed by atoms with van der Waals surface area (Å²) in [7, 11) is 0.